The third kappa shape index (κ3) is 2.81. The van der Waals surface area contributed by atoms with Crippen LogP contribution in [0.1, 0.15) is 36.9 Å². The van der Waals surface area contributed by atoms with Crippen LogP contribution in [-0.4, -0.2) is 13.2 Å². The minimum absolute atomic E-state index is 0.343. The molecule has 0 radical (unpaired) electrons. The molecule has 1 N–H and O–H groups in total. The summed E-state index contributed by atoms with van der Waals surface area (Å²) in [6.45, 7) is 3.51. The van der Waals surface area contributed by atoms with E-state index in [9.17, 15) is 0 Å². The predicted octanol–water partition coefficient (Wildman–Crippen LogP) is 2.69. The van der Waals surface area contributed by atoms with Gasteiger partial charge in [-0.15, -0.1) is 6.42 Å². The van der Waals surface area contributed by atoms with Crippen molar-refractivity contribution in [1.29, 1.82) is 0 Å². The van der Waals surface area contributed by atoms with Crippen LogP contribution < -0.4 is 10.1 Å². The molecule has 1 aromatic carbocycles. The quantitative estimate of drug-likeness (QED) is 0.801. The molecule has 1 atom stereocenters. The Morgan fingerprint density at radius 1 is 1.53 bits per heavy atom. The fraction of sp³-hybridized carbons (Fsp3) is 0.467. The molecule has 2 rings (SSSR count). The van der Waals surface area contributed by atoms with E-state index in [0.717, 1.165) is 18.7 Å². The fourth-order valence-corrected chi connectivity index (χ4v) is 2.46. The van der Waals surface area contributed by atoms with E-state index in [1.54, 1.807) is 0 Å². The number of rotatable bonds is 4. The van der Waals surface area contributed by atoms with Crippen LogP contribution in [0.5, 0.6) is 5.75 Å². The number of ether oxygens (including phenoxy) is 1. The van der Waals surface area contributed by atoms with Crippen molar-refractivity contribution >= 4 is 0 Å². The molecule has 17 heavy (non-hydrogen) atoms. The van der Waals surface area contributed by atoms with Gasteiger partial charge < -0.3 is 10.1 Å². The van der Waals surface area contributed by atoms with Gasteiger partial charge in [-0.05, 0) is 49.1 Å². The first-order valence-electron chi connectivity index (χ1n) is 6.27. The zero-order valence-corrected chi connectivity index (χ0v) is 10.3. The average molecular weight is 229 g/mol. The van der Waals surface area contributed by atoms with Crippen LogP contribution in [0.25, 0.3) is 0 Å². The Morgan fingerprint density at radius 3 is 3.18 bits per heavy atom. The van der Waals surface area contributed by atoms with Crippen molar-refractivity contribution in [3.63, 3.8) is 0 Å². The van der Waals surface area contributed by atoms with Crippen molar-refractivity contribution in [2.45, 2.75) is 32.2 Å². The minimum Gasteiger partial charge on any atom is -0.481 e. The Bertz CT molecular complexity index is 419. The molecule has 1 aliphatic rings. The van der Waals surface area contributed by atoms with Gasteiger partial charge in [-0.2, -0.15) is 0 Å². The van der Waals surface area contributed by atoms with E-state index in [-0.39, 0.29) is 0 Å². The van der Waals surface area contributed by atoms with Crippen LogP contribution in [0.3, 0.4) is 0 Å². The number of hydrogen-bond donors (Lipinski definition) is 1. The van der Waals surface area contributed by atoms with Gasteiger partial charge in [-0.1, -0.05) is 18.9 Å². The molecule has 1 aliphatic carbocycles. The van der Waals surface area contributed by atoms with Crippen molar-refractivity contribution < 1.29 is 4.74 Å². The Labute approximate surface area is 103 Å². The second-order valence-electron chi connectivity index (χ2n) is 4.36. The van der Waals surface area contributed by atoms with Crippen LogP contribution >= 0.6 is 0 Å². The Balaban J connectivity index is 2.18. The average Bonchev–Trinajstić information content (AvgIpc) is 2.37. The summed E-state index contributed by atoms with van der Waals surface area (Å²) in [5.74, 6) is 3.38. The van der Waals surface area contributed by atoms with E-state index in [0.29, 0.717) is 12.6 Å². The molecule has 0 fully saturated rings. The van der Waals surface area contributed by atoms with Crippen LogP contribution in [0.2, 0.25) is 0 Å². The maximum Gasteiger partial charge on any atom is 0.148 e. The molecule has 1 aromatic rings. The summed E-state index contributed by atoms with van der Waals surface area (Å²) >= 11 is 0. The van der Waals surface area contributed by atoms with Gasteiger partial charge in [-0.25, -0.2) is 0 Å². The van der Waals surface area contributed by atoms with E-state index >= 15 is 0 Å². The maximum atomic E-state index is 5.46. The Kier molecular flexibility index (Phi) is 4.06. The zero-order valence-electron chi connectivity index (χ0n) is 10.3. The van der Waals surface area contributed by atoms with Gasteiger partial charge in [0.25, 0.3) is 0 Å². The number of hydrogen-bond acceptors (Lipinski definition) is 2. The van der Waals surface area contributed by atoms with Crippen molar-refractivity contribution in [3.8, 4) is 18.1 Å². The highest BCUT2D eigenvalue weighted by Gasteiger charge is 2.19. The lowest BCUT2D eigenvalue weighted by Gasteiger charge is -2.26. The summed E-state index contributed by atoms with van der Waals surface area (Å²) in [5.41, 5.74) is 2.82. The number of nitrogens with one attached hydrogen (secondary N) is 1. The molecule has 0 saturated heterocycles. The molecule has 0 bridgehead atoms. The lowest BCUT2D eigenvalue weighted by Crippen LogP contribution is -2.24. The van der Waals surface area contributed by atoms with Gasteiger partial charge in [0.05, 0.1) is 0 Å². The topological polar surface area (TPSA) is 21.3 Å². The number of terminal acetylenes is 1. The van der Waals surface area contributed by atoms with E-state index in [2.05, 4.69) is 30.3 Å². The summed E-state index contributed by atoms with van der Waals surface area (Å²) < 4.78 is 5.46. The van der Waals surface area contributed by atoms with Crippen LogP contribution in [0, 0.1) is 12.3 Å². The first-order valence-corrected chi connectivity index (χ1v) is 6.27. The van der Waals surface area contributed by atoms with Gasteiger partial charge in [0.1, 0.15) is 12.4 Å². The number of benzene rings is 1. The van der Waals surface area contributed by atoms with Crippen LogP contribution in [0.15, 0.2) is 18.2 Å². The molecule has 0 amide bonds. The summed E-state index contributed by atoms with van der Waals surface area (Å²) in [6, 6.07) is 6.83. The maximum absolute atomic E-state index is 5.46. The molecule has 0 spiro atoms. The highest BCUT2D eigenvalue weighted by molar-refractivity contribution is 5.39. The van der Waals surface area contributed by atoms with E-state index in [1.165, 1.54) is 24.0 Å². The van der Waals surface area contributed by atoms with Crippen LogP contribution in [0.4, 0.5) is 0 Å². The van der Waals surface area contributed by atoms with Crippen molar-refractivity contribution in [2.24, 2.45) is 0 Å². The summed E-state index contributed by atoms with van der Waals surface area (Å²) in [5, 5.41) is 3.53. The molecule has 0 aliphatic heterocycles. The van der Waals surface area contributed by atoms with Crippen molar-refractivity contribution in [1.82, 2.24) is 5.32 Å². The standard InChI is InChI=1S/C15H19NO/c1-3-10-17-13-8-9-14-12(11-13)6-5-7-15(14)16-4-2/h1,8-9,11,15-16H,4-7,10H2,2H3. The van der Waals surface area contributed by atoms with Crippen molar-refractivity contribution in [2.75, 3.05) is 13.2 Å². The SMILES string of the molecule is C#CCOc1ccc2c(c1)CCCC2NCC. The largest absolute Gasteiger partial charge is 0.481 e. The molecule has 2 heteroatoms. The fourth-order valence-electron chi connectivity index (χ4n) is 2.46. The van der Waals surface area contributed by atoms with Gasteiger partial charge in [0.2, 0.25) is 0 Å². The third-order valence-corrected chi connectivity index (χ3v) is 3.20. The second kappa shape index (κ2) is 5.75. The molecule has 2 nitrogen and oxygen atoms in total. The van der Waals surface area contributed by atoms with Gasteiger partial charge in [-0.3, -0.25) is 0 Å². The second-order valence-corrected chi connectivity index (χ2v) is 4.36. The molecule has 90 valence electrons. The highest BCUT2D eigenvalue weighted by Crippen LogP contribution is 2.32. The normalized spacial score (nSPS) is 18.2. The first-order chi connectivity index (χ1) is 8.35. The van der Waals surface area contributed by atoms with Gasteiger partial charge >= 0.3 is 0 Å². The molecular formula is C15H19NO. The molecule has 0 aromatic heterocycles. The summed E-state index contributed by atoms with van der Waals surface area (Å²) in [7, 11) is 0. The smallest absolute Gasteiger partial charge is 0.148 e. The molecule has 1 unspecified atom stereocenters. The highest BCUT2D eigenvalue weighted by atomic mass is 16.5. The van der Waals surface area contributed by atoms with Crippen LogP contribution in [-0.2, 0) is 6.42 Å². The first kappa shape index (κ1) is 12.0. The number of aryl methyl sites for hydroxylation is 1. The summed E-state index contributed by atoms with van der Waals surface area (Å²) in [6.07, 6.45) is 8.80. The molecule has 0 saturated carbocycles. The van der Waals surface area contributed by atoms with Crippen molar-refractivity contribution in [3.05, 3.63) is 29.3 Å². The Morgan fingerprint density at radius 2 is 2.41 bits per heavy atom. The lowest BCUT2D eigenvalue weighted by atomic mass is 9.87. The van der Waals surface area contributed by atoms with E-state index in [4.69, 9.17) is 11.2 Å². The Hall–Kier alpha value is -1.46. The monoisotopic (exact) mass is 229 g/mol. The predicted molar refractivity (Wildman–Crippen MR) is 70.1 cm³/mol. The lowest BCUT2D eigenvalue weighted by molar-refractivity contribution is 0.368. The zero-order chi connectivity index (χ0) is 12.1. The van der Waals surface area contributed by atoms with E-state index < -0.39 is 0 Å². The minimum atomic E-state index is 0.343. The molecule has 0 heterocycles. The molecular weight excluding hydrogens is 210 g/mol. The summed E-state index contributed by atoms with van der Waals surface area (Å²) in [4.78, 5) is 0. The number of fused-ring (bicyclic) bond motifs is 1. The van der Waals surface area contributed by atoms with Gasteiger partial charge in [0.15, 0.2) is 0 Å². The van der Waals surface area contributed by atoms with E-state index in [1.807, 2.05) is 6.07 Å². The third-order valence-electron chi connectivity index (χ3n) is 3.20. The van der Waals surface area contributed by atoms with Gasteiger partial charge in [0, 0.05) is 6.04 Å².